The predicted octanol–water partition coefficient (Wildman–Crippen LogP) is 0.302. The molecule has 0 spiro atoms. The molecule has 7 nitrogen and oxygen atoms in total. The molecule has 3 heterocycles. The highest BCUT2D eigenvalue weighted by Gasteiger charge is 2.34. The molecule has 2 bridgehead atoms. The van der Waals surface area contributed by atoms with E-state index in [9.17, 15) is 9.59 Å². The highest BCUT2D eigenvalue weighted by Crippen LogP contribution is 2.26. The fraction of sp³-hybridized carbons (Fsp3) is 0.688. The lowest BCUT2D eigenvalue weighted by atomic mass is 10.00. The number of fused-ring (bicyclic) bond motifs is 2. The van der Waals surface area contributed by atoms with Crippen molar-refractivity contribution in [1.29, 1.82) is 0 Å². The topological polar surface area (TPSA) is 79.3 Å². The number of nitrogens with one attached hydrogen (secondary N) is 2. The Kier molecular flexibility index (Phi) is 4.66. The number of hydrogen-bond acceptors (Lipinski definition) is 4. The largest absolute Gasteiger partial charge is 0.352 e. The number of amides is 2. The Morgan fingerprint density at radius 3 is 2.70 bits per heavy atom. The van der Waals surface area contributed by atoms with Crippen molar-refractivity contribution in [3.05, 3.63) is 18.5 Å². The molecule has 0 radical (unpaired) electrons. The van der Waals surface area contributed by atoms with E-state index in [1.807, 2.05) is 0 Å². The van der Waals surface area contributed by atoms with Crippen LogP contribution in [-0.4, -0.2) is 58.2 Å². The van der Waals surface area contributed by atoms with Gasteiger partial charge in [0, 0.05) is 37.6 Å². The van der Waals surface area contributed by atoms with E-state index < -0.39 is 6.04 Å². The minimum Gasteiger partial charge on any atom is -0.352 e. The van der Waals surface area contributed by atoms with Gasteiger partial charge in [0.15, 0.2) is 0 Å². The molecule has 0 aliphatic carbocycles. The van der Waals surface area contributed by atoms with Gasteiger partial charge in [-0.3, -0.25) is 14.3 Å². The van der Waals surface area contributed by atoms with Gasteiger partial charge in [-0.1, -0.05) is 0 Å². The van der Waals surface area contributed by atoms with Gasteiger partial charge in [-0.25, -0.2) is 0 Å². The first kappa shape index (κ1) is 16.0. The molecule has 3 unspecified atom stereocenters. The smallest absolute Gasteiger partial charge is 0.247 e. The molecule has 126 valence electrons. The van der Waals surface area contributed by atoms with Crippen LogP contribution in [0.2, 0.25) is 0 Å². The van der Waals surface area contributed by atoms with Gasteiger partial charge in [0.25, 0.3) is 0 Å². The zero-order chi connectivity index (χ0) is 16.4. The Bertz CT molecular complexity index is 547. The molecule has 3 atom stereocenters. The number of rotatable bonds is 5. The van der Waals surface area contributed by atoms with Crippen LogP contribution in [0.25, 0.3) is 0 Å². The number of nitrogens with zero attached hydrogens (tertiary/aromatic N) is 3. The van der Waals surface area contributed by atoms with E-state index in [0.29, 0.717) is 12.1 Å². The van der Waals surface area contributed by atoms with Crippen molar-refractivity contribution >= 4 is 11.8 Å². The van der Waals surface area contributed by atoms with Crippen molar-refractivity contribution in [3.8, 4) is 0 Å². The number of carbonyl (C=O) groups is 2. The number of hydrogen-bond donors (Lipinski definition) is 2. The van der Waals surface area contributed by atoms with E-state index in [1.165, 1.54) is 17.7 Å². The van der Waals surface area contributed by atoms with Crippen molar-refractivity contribution in [2.45, 2.75) is 56.8 Å². The Balaban J connectivity index is 1.48. The van der Waals surface area contributed by atoms with Gasteiger partial charge in [0.1, 0.15) is 6.04 Å². The highest BCUT2D eigenvalue weighted by atomic mass is 16.2. The standard InChI is InChI=1S/C16H25N5O2/c1-11(21-7-3-6-17-21)16(23)20(2)10-15(22)19-14-8-12-4-5-13(9-14)18-12/h3,6-7,11-14,18H,4-5,8-10H2,1-2H3,(H,19,22). The summed E-state index contributed by atoms with van der Waals surface area (Å²) in [4.78, 5) is 26.0. The summed E-state index contributed by atoms with van der Waals surface area (Å²) in [5, 5.41) is 10.7. The molecule has 7 heteroatoms. The van der Waals surface area contributed by atoms with E-state index in [1.54, 1.807) is 37.1 Å². The fourth-order valence-electron chi connectivity index (χ4n) is 3.68. The number of piperidine rings is 1. The molecule has 2 saturated heterocycles. The first-order valence-electron chi connectivity index (χ1n) is 8.32. The van der Waals surface area contributed by atoms with E-state index in [0.717, 1.165) is 12.8 Å². The average Bonchev–Trinajstić information content (AvgIpc) is 3.15. The summed E-state index contributed by atoms with van der Waals surface area (Å²) in [6.45, 7) is 1.87. The van der Waals surface area contributed by atoms with Crippen molar-refractivity contribution in [3.63, 3.8) is 0 Å². The summed E-state index contributed by atoms with van der Waals surface area (Å²) >= 11 is 0. The summed E-state index contributed by atoms with van der Waals surface area (Å²) in [6, 6.07) is 2.68. The molecule has 3 rings (SSSR count). The SMILES string of the molecule is CC(C(=O)N(C)CC(=O)NC1CC2CCC(C1)N2)n1cccn1. The van der Waals surface area contributed by atoms with Crippen LogP contribution in [-0.2, 0) is 9.59 Å². The van der Waals surface area contributed by atoms with Gasteiger partial charge in [-0.15, -0.1) is 0 Å². The third kappa shape index (κ3) is 3.72. The van der Waals surface area contributed by atoms with Crippen LogP contribution in [0.1, 0.15) is 38.6 Å². The zero-order valence-electron chi connectivity index (χ0n) is 13.7. The predicted molar refractivity (Wildman–Crippen MR) is 85.7 cm³/mol. The minimum absolute atomic E-state index is 0.0835. The summed E-state index contributed by atoms with van der Waals surface area (Å²) < 4.78 is 1.60. The lowest BCUT2D eigenvalue weighted by Crippen LogP contribution is -2.50. The fourth-order valence-corrected chi connectivity index (χ4v) is 3.68. The molecule has 2 fully saturated rings. The first-order chi connectivity index (χ1) is 11.0. The number of likely N-dealkylation sites (N-methyl/N-ethyl adjacent to an activating group) is 1. The van der Waals surface area contributed by atoms with Crippen LogP contribution in [0.5, 0.6) is 0 Å². The van der Waals surface area contributed by atoms with Gasteiger partial charge in [0.2, 0.25) is 11.8 Å². The Morgan fingerprint density at radius 2 is 2.09 bits per heavy atom. The monoisotopic (exact) mass is 319 g/mol. The van der Waals surface area contributed by atoms with Gasteiger partial charge in [0.05, 0.1) is 6.54 Å². The van der Waals surface area contributed by atoms with E-state index in [2.05, 4.69) is 15.7 Å². The van der Waals surface area contributed by atoms with Gasteiger partial charge >= 0.3 is 0 Å². The first-order valence-corrected chi connectivity index (χ1v) is 8.32. The second-order valence-corrected chi connectivity index (χ2v) is 6.73. The third-order valence-electron chi connectivity index (χ3n) is 4.87. The van der Waals surface area contributed by atoms with Crippen molar-refractivity contribution in [1.82, 2.24) is 25.3 Å². The van der Waals surface area contributed by atoms with E-state index in [-0.39, 0.29) is 24.4 Å². The lowest BCUT2D eigenvalue weighted by Gasteiger charge is -2.30. The molecule has 2 aliphatic rings. The molecular weight excluding hydrogens is 294 g/mol. The molecule has 2 N–H and O–H groups in total. The molecule has 2 aliphatic heterocycles. The van der Waals surface area contributed by atoms with Crippen molar-refractivity contribution in [2.24, 2.45) is 0 Å². The number of carbonyl (C=O) groups excluding carboxylic acids is 2. The Labute approximate surface area is 136 Å². The molecule has 1 aromatic heterocycles. The normalized spacial score (nSPS) is 27.5. The summed E-state index contributed by atoms with van der Waals surface area (Å²) in [5.41, 5.74) is 0. The second-order valence-electron chi connectivity index (χ2n) is 6.73. The van der Waals surface area contributed by atoms with E-state index >= 15 is 0 Å². The minimum atomic E-state index is -0.405. The van der Waals surface area contributed by atoms with Crippen molar-refractivity contribution in [2.75, 3.05) is 13.6 Å². The van der Waals surface area contributed by atoms with Gasteiger partial charge in [-0.2, -0.15) is 5.10 Å². The average molecular weight is 319 g/mol. The van der Waals surface area contributed by atoms with Crippen LogP contribution in [0, 0.1) is 0 Å². The van der Waals surface area contributed by atoms with E-state index in [4.69, 9.17) is 0 Å². The molecule has 23 heavy (non-hydrogen) atoms. The summed E-state index contributed by atoms with van der Waals surface area (Å²) in [5.74, 6) is -0.200. The maximum Gasteiger partial charge on any atom is 0.247 e. The lowest BCUT2D eigenvalue weighted by molar-refractivity contribution is -0.137. The van der Waals surface area contributed by atoms with Gasteiger partial charge in [-0.05, 0) is 38.7 Å². The molecule has 0 aromatic carbocycles. The molecule has 0 saturated carbocycles. The highest BCUT2D eigenvalue weighted by molar-refractivity contribution is 5.86. The van der Waals surface area contributed by atoms with Crippen LogP contribution in [0.4, 0.5) is 0 Å². The van der Waals surface area contributed by atoms with Crippen molar-refractivity contribution < 1.29 is 9.59 Å². The van der Waals surface area contributed by atoms with Crippen LogP contribution >= 0.6 is 0 Å². The van der Waals surface area contributed by atoms with Gasteiger partial charge < -0.3 is 15.5 Å². The summed E-state index contributed by atoms with van der Waals surface area (Å²) in [7, 11) is 1.66. The second kappa shape index (κ2) is 6.70. The van der Waals surface area contributed by atoms with Crippen LogP contribution in [0.15, 0.2) is 18.5 Å². The molecular formula is C16H25N5O2. The quantitative estimate of drug-likeness (QED) is 0.818. The van der Waals surface area contributed by atoms with Crippen LogP contribution in [0.3, 0.4) is 0 Å². The maximum absolute atomic E-state index is 12.4. The molecule has 2 amide bonds. The Hall–Kier alpha value is -1.89. The Morgan fingerprint density at radius 1 is 1.39 bits per heavy atom. The maximum atomic E-state index is 12.4. The van der Waals surface area contributed by atoms with Crippen LogP contribution < -0.4 is 10.6 Å². The molecule has 1 aromatic rings. The summed E-state index contributed by atoms with van der Waals surface area (Å²) in [6.07, 6.45) is 7.78. The number of aromatic nitrogens is 2. The third-order valence-corrected chi connectivity index (χ3v) is 4.87. The zero-order valence-corrected chi connectivity index (χ0v) is 13.7.